The number of hydrogen-bond donors (Lipinski definition) is 0. The van der Waals surface area contributed by atoms with Gasteiger partial charge in [-0.3, -0.25) is 9.59 Å². The number of carbonyl (C=O) groups is 2. The number of carbonyl (C=O) groups excluding carboxylic acids is 2. The summed E-state index contributed by atoms with van der Waals surface area (Å²) in [5.74, 6) is -0.860. The summed E-state index contributed by atoms with van der Waals surface area (Å²) in [6.45, 7) is 5.62. The third-order valence-electron chi connectivity index (χ3n) is 3.54. The van der Waals surface area contributed by atoms with Crippen molar-refractivity contribution < 1.29 is 23.2 Å². The minimum absolute atomic E-state index is 0.0574. The molecule has 0 saturated carbocycles. The van der Waals surface area contributed by atoms with Crippen molar-refractivity contribution in [3.05, 3.63) is 29.8 Å². The number of aryl methyl sites for hydroxylation is 1. The van der Waals surface area contributed by atoms with Gasteiger partial charge in [0.25, 0.3) is 11.9 Å². The maximum Gasteiger partial charge on any atom is 0.507 e. The molecule has 1 heterocycles. The normalized spacial score (nSPS) is 15.2. The summed E-state index contributed by atoms with van der Waals surface area (Å²) >= 11 is 0. The molecule has 0 unspecified atom stereocenters. The molecular formula is C15H20O5Si. The van der Waals surface area contributed by atoms with Gasteiger partial charge in [-0.1, -0.05) is 31.2 Å². The van der Waals surface area contributed by atoms with Crippen LogP contribution < -0.4 is 5.19 Å². The van der Waals surface area contributed by atoms with Crippen LogP contribution in [0.2, 0.25) is 5.54 Å². The summed E-state index contributed by atoms with van der Waals surface area (Å²) < 4.78 is 16.6. The molecule has 0 spiro atoms. The molecule has 1 aliphatic rings. The summed E-state index contributed by atoms with van der Waals surface area (Å²) in [5, 5.41) is 0.853. The number of benzene rings is 1. The summed E-state index contributed by atoms with van der Waals surface area (Å²) in [7, 11) is -3.20. The van der Waals surface area contributed by atoms with Gasteiger partial charge in [0.15, 0.2) is 0 Å². The SMILES string of the molecule is CCc1ccccc1[Si](OC(C)=O)(OC(C)=O)C1COC1. The van der Waals surface area contributed by atoms with E-state index in [0.717, 1.165) is 17.2 Å². The fraction of sp³-hybridized carbons (Fsp3) is 0.467. The second kappa shape index (κ2) is 6.40. The van der Waals surface area contributed by atoms with E-state index in [-0.39, 0.29) is 5.54 Å². The quantitative estimate of drug-likeness (QED) is 0.770. The molecule has 1 aromatic carbocycles. The Kier molecular flexibility index (Phi) is 4.79. The third kappa shape index (κ3) is 3.16. The Morgan fingerprint density at radius 2 is 1.76 bits per heavy atom. The largest absolute Gasteiger partial charge is 0.507 e. The average molecular weight is 308 g/mol. The van der Waals surface area contributed by atoms with Gasteiger partial charge in [-0.15, -0.1) is 0 Å². The highest BCUT2D eigenvalue weighted by Crippen LogP contribution is 2.32. The van der Waals surface area contributed by atoms with Crippen molar-refractivity contribution in [3.63, 3.8) is 0 Å². The smallest absolute Gasteiger partial charge is 0.482 e. The van der Waals surface area contributed by atoms with Crippen molar-refractivity contribution in [1.82, 2.24) is 0 Å². The first-order valence-electron chi connectivity index (χ1n) is 7.05. The zero-order valence-corrected chi connectivity index (χ0v) is 13.5. The van der Waals surface area contributed by atoms with Gasteiger partial charge in [0, 0.05) is 19.0 Å². The van der Waals surface area contributed by atoms with E-state index in [1.807, 2.05) is 31.2 Å². The molecule has 1 aliphatic heterocycles. The van der Waals surface area contributed by atoms with Gasteiger partial charge >= 0.3 is 8.56 Å². The zero-order chi connectivity index (χ0) is 15.5. The third-order valence-corrected chi connectivity index (χ3v) is 7.37. The van der Waals surface area contributed by atoms with Crippen LogP contribution in [0, 0.1) is 0 Å². The van der Waals surface area contributed by atoms with Crippen molar-refractivity contribution in [2.75, 3.05) is 13.2 Å². The van der Waals surface area contributed by atoms with Crippen LogP contribution in [0.5, 0.6) is 0 Å². The van der Waals surface area contributed by atoms with Gasteiger partial charge in [0.1, 0.15) is 0 Å². The fourth-order valence-corrected chi connectivity index (χ4v) is 6.17. The molecule has 5 nitrogen and oxygen atoms in total. The molecule has 0 atom stereocenters. The maximum absolute atomic E-state index is 11.6. The maximum atomic E-state index is 11.6. The minimum atomic E-state index is -3.20. The molecule has 0 bridgehead atoms. The molecule has 0 amide bonds. The van der Waals surface area contributed by atoms with Crippen molar-refractivity contribution >= 4 is 25.7 Å². The predicted octanol–water partition coefficient (Wildman–Crippen LogP) is 1.42. The van der Waals surface area contributed by atoms with Crippen molar-refractivity contribution in [1.29, 1.82) is 0 Å². The molecule has 0 N–H and O–H groups in total. The first-order valence-corrected chi connectivity index (χ1v) is 8.94. The lowest BCUT2D eigenvalue weighted by Crippen LogP contribution is -2.64. The first-order chi connectivity index (χ1) is 9.99. The highest BCUT2D eigenvalue weighted by molar-refractivity contribution is 6.85. The van der Waals surface area contributed by atoms with E-state index in [9.17, 15) is 9.59 Å². The van der Waals surface area contributed by atoms with Crippen LogP contribution in [-0.2, 0) is 29.6 Å². The highest BCUT2D eigenvalue weighted by Gasteiger charge is 2.57. The van der Waals surface area contributed by atoms with Crippen LogP contribution in [0.25, 0.3) is 0 Å². The molecule has 114 valence electrons. The lowest BCUT2D eigenvalue weighted by Gasteiger charge is -2.40. The van der Waals surface area contributed by atoms with Crippen LogP contribution in [0.3, 0.4) is 0 Å². The van der Waals surface area contributed by atoms with E-state index in [2.05, 4.69) is 0 Å². The van der Waals surface area contributed by atoms with E-state index in [1.165, 1.54) is 13.8 Å². The van der Waals surface area contributed by atoms with E-state index in [1.54, 1.807) is 0 Å². The molecule has 21 heavy (non-hydrogen) atoms. The van der Waals surface area contributed by atoms with Crippen molar-refractivity contribution in [2.45, 2.75) is 32.7 Å². The van der Waals surface area contributed by atoms with Crippen LogP contribution in [0.4, 0.5) is 0 Å². The predicted molar refractivity (Wildman–Crippen MR) is 79.3 cm³/mol. The molecule has 6 heteroatoms. The summed E-state index contributed by atoms with van der Waals surface area (Å²) in [4.78, 5) is 23.3. The topological polar surface area (TPSA) is 61.8 Å². The average Bonchev–Trinajstić information content (AvgIpc) is 2.34. The summed E-state index contributed by atoms with van der Waals surface area (Å²) in [6, 6.07) is 7.68. The second-order valence-electron chi connectivity index (χ2n) is 5.10. The number of hydrogen-bond acceptors (Lipinski definition) is 5. The molecule has 0 aliphatic carbocycles. The van der Waals surface area contributed by atoms with E-state index in [4.69, 9.17) is 13.6 Å². The molecular weight excluding hydrogens is 288 g/mol. The van der Waals surface area contributed by atoms with Crippen LogP contribution in [-0.4, -0.2) is 33.7 Å². The van der Waals surface area contributed by atoms with Crippen molar-refractivity contribution in [3.8, 4) is 0 Å². The molecule has 1 aromatic rings. The van der Waals surface area contributed by atoms with E-state index in [0.29, 0.717) is 13.2 Å². The number of ether oxygens (including phenoxy) is 1. The zero-order valence-electron chi connectivity index (χ0n) is 12.5. The van der Waals surface area contributed by atoms with Crippen molar-refractivity contribution in [2.24, 2.45) is 0 Å². The molecule has 0 aromatic heterocycles. The Bertz CT molecular complexity index is 523. The summed E-state index contributed by atoms with van der Waals surface area (Å²) in [6.07, 6.45) is 0.779. The molecule has 1 saturated heterocycles. The lowest BCUT2D eigenvalue weighted by atomic mass is 10.2. The Labute approximate surface area is 125 Å². The lowest BCUT2D eigenvalue weighted by molar-refractivity contribution is -0.140. The highest BCUT2D eigenvalue weighted by atomic mass is 28.4. The van der Waals surface area contributed by atoms with Gasteiger partial charge in [-0.2, -0.15) is 0 Å². The van der Waals surface area contributed by atoms with Gasteiger partial charge in [0.05, 0.1) is 18.8 Å². The van der Waals surface area contributed by atoms with Gasteiger partial charge in [-0.25, -0.2) is 0 Å². The Hall–Kier alpha value is -1.66. The standard InChI is InChI=1S/C15H20O5Si/c1-4-13-7-5-6-8-15(13)21(19-11(2)16,20-12(3)17)14-9-18-10-14/h5-8,14H,4,9-10H2,1-3H3. The van der Waals surface area contributed by atoms with Gasteiger partial charge in [-0.05, 0) is 12.0 Å². The minimum Gasteiger partial charge on any atom is -0.482 e. The number of rotatable bonds is 5. The van der Waals surface area contributed by atoms with Crippen LogP contribution >= 0.6 is 0 Å². The first kappa shape index (κ1) is 15.7. The molecule has 1 fully saturated rings. The molecule has 2 rings (SSSR count). The Morgan fingerprint density at radius 1 is 1.19 bits per heavy atom. The van der Waals surface area contributed by atoms with Gasteiger partial charge in [0.2, 0.25) is 0 Å². The summed E-state index contributed by atoms with van der Waals surface area (Å²) in [5.41, 5.74) is 0.983. The van der Waals surface area contributed by atoms with Crippen LogP contribution in [0.1, 0.15) is 26.3 Å². The second-order valence-corrected chi connectivity index (χ2v) is 8.20. The van der Waals surface area contributed by atoms with Crippen LogP contribution in [0.15, 0.2) is 24.3 Å². The van der Waals surface area contributed by atoms with E-state index < -0.39 is 20.5 Å². The fourth-order valence-electron chi connectivity index (χ4n) is 2.57. The van der Waals surface area contributed by atoms with E-state index >= 15 is 0 Å². The van der Waals surface area contributed by atoms with Gasteiger partial charge < -0.3 is 13.6 Å². The monoisotopic (exact) mass is 308 g/mol. The Morgan fingerprint density at radius 3 is 2.19 bits per heavy atom. The molecule has 0 radical (unpaired) electrons. The Balaban J connectivity index is 2.55.